The second kappa shape index (κ2) is 3.95. The minimum Gasteiger partial charge on any atom is -0.373 e. The van der Waals surface area contributed by atoms with Gasteiger partial charge in [-0.1, -0.05) is 30.3 Å². The largest absolute Gasteiger partial charge is 0.373 e. The van der Waals surface area contributed by atoms with E-state index in [0.29, 0.717) is 18.1 Å². The molecule has 0 N–H and O–H groups in total. The van der Waals surface area contributed by atoms with Crippen molar-refractivity contribution in [2.24, 2.45) is 11.8 Å². The Morgan fingerprint density at radius 3 is 2.53 bits per heavy atom. The van der Waals surface area contributed by atoms with Crippen LogP contribution in [-0.4, -0.2) is 12.9 Å². The fourth-order valence-corrected chi connectivity index (χ4v) is 3.66. The first kappa shape index (κ1) is 11.0. The average Bonchev–Trinajstić information content (AvgIpc) is 2.40. The lowest BCUT2D eigenvalue weighted by atomic mass is 9.59. The Morgan fingerprint density at radius 2 is 2.00 bits per heavy atom. The predicted octanol–water partition coefficient (Wildman–Crippen LogP) is 2.92. The second-order valence-corrected chi connectivity index (χ2v) is 5.31. The maximum absolute atomic E-state index is 11.8. The second-order valence-electron chi connectivity index (χ2n) is 5.31. The fourth-order valence-electron chi connectivity index (χ4n) is 3.66. The Kier molecular flexibility index (Phi) is 2.55. The first-order valence-corrected chi connectivity index (χ1v) is 6.39. The van der Waals surface area contributed by atoms with Gasteiger partial charge in [-0.05, 0) is 30.7 Å². The summed E-state index contributed by atoms with van der Waals surface area (Å²) in [6.45, 7) is 0. The van der Waals surface area contributed by atoms with Gasteiger partial charge in [-0.2, -0.15) is 0 Å². The van der Waals surface area contributed by atoms with Gasteiger partial charge >= 0.3 is 0 Å². The van der Waals surface area contributed by atoms with Crippen LogP contribution in [0, 0.1) is 11.8 Å². The molecule has 0 saturated heterocycles. The number of hydrogen-bond acceptors (Lipinski definition) is 2. The van der Waals surface area contributed by atoms with E-state index in [4.69, 9.17) is 4.74 Å². The van der Waals surface area contributed by atoms with Crippen LogP contribution < -0.4 is 0 Å². The van der Waals surface area contributed by atoms with Gasteiger partial charge in [0.1, 0.15) is 5.78 Å². The Bertz CT molecular complexity index is 426. The molecule has 3 unspecified atom stereocenters. The summed E-state index contributed by atoms with van der Waals surface area (Å²) >= 11 is 0. The topological polar surface area (TPSA) is 26.3 Å². The summed E-state index contributed by atoms with van der Waals surface area (Å²) in [4.78, 5) is 11.8. The van der Waals surface area contributed by atoms with E-state index in [1.54, 1.807) is 7.11 Å². The van der Waals surface area contributed by atoms with Crippen molar-refractivity contribution in [2.75, 3.05) is 7.11 Å². The Labute approximate surface area is 102 Å². The summed E-state index contributed by atoms with van der Waals surface area (Å²) in [7, 11) is 1.79. The Morgan fingerprint density at radius 1 is 1.24 bits per heavy atom. The number of carbonyl (C=O) groups excluding carboxylic acids is 1. The van der Waals surface area contributed by atoms with Crippen LogP contribution >= 0.6 is 0 Å². The number of rotatable bonds is 2. The van der Waals surface area contributed by atoms with Gasteiger partial charge in [0.05, 0.1) is 5.60 Å². The summed E-state index contributed by atoms with van der Waals surface area (Å²) in [6, 6.07) is 10.4. The maximum Gasteiger partial charge on any atom is 0.136 e. The lowest BCUT2D eigenvalue weighted by Crippen LogP contribution is -2.50. The van der Waals surface area contributed by atoms with E-state index < -0.39 is 0 Å². The van der Waals surface area contributed by atoms with Crippen molar-refractivity contribution in [2.45, 2.75) is 31.3 Å². The van der Waals surface area contributed by atoms with Crippen LogP contribution in [-0.2, 0) is 15.1 Å². The first-order chi connectivity index (χ1) is 8.26. The van der Waals surface area contributed by atoms with Crippen molar-refractivity contribution >= 4 is 5.78 Å². The average molecular weight is 230 g/mol. The van der Waals surface area contributed by atoms with Gasteiger partial charge in [-0.15, -0.1) is 0 Å². The highest BCUT2D eigenvalue weighted by molar-refractivity contribution is 5.83. The zero-order valence-electron chi connectivity index (χ0n) is 10.2. The third-order valence-corrected chi connectivity index (χ3v) is 4.60. The van der Waals surface area contributed by atoms with Crippen LogP contribution in [0.3, 0.4) is 0 Å². The molecule has 3 saturated carbocycles. The molecule has 3 atom stereocenters. The number of ether oxygens (including phenoxy) is 1. The van der Waals surface area contributed by atoms with Crippen LogP contribution in [0.2, 0.25) is 0 Å². The molecule has 3 aliphatic carbocycles. The molecule has 0 aliphatic heterocycles. The third kappa shape index (κ3) is 1.54. The molecule has 3 aliphatic rings. The van der Waals surface area contributed by atoms with E-state index in [0.717, 1.165) is 19.3 Å². The summed E-state index contributed by atoms with van der Waals surface area (Å²) in [5, 5.41) is 0. The molecular formula is C15H18O2. The standard InChI is InChI=1S/C15H18O2/c1-17-15(12-5-3-2-4-6-12)10-11-7-8-13(15)9-14(11)16/h2-6,11,13H,7-10H2,1H3. The van der Waals surface area contributed by atoms with Crippen LogP contribution in [0.25, 0.3) is 0 Å². The summed E-state index contributed by atoms with van der Waals surface area (Å²) in [5.74, 6) is 1.04. The number of fused-ring (bicyclic) bond motifs is 3. The van der Waals surface area contributed by atoms with E-state index >= 15 is 0 Å². The van der Waals surface area contributed by atoms with E-state index in [1.165, 1.54) is 5.56 Å². The molecule has 4 rings (SSSR count). The highest BCUT2D eigenvalue weighted by Gasteiger charge is 2.52. The molecule has 1 aromatic rings. The molecule has 0 amide bonds. The third-order valence-electron chi connectivity index (χ3n) is 4.60. The maximum atomic E-state index is 11.8. The Hall–Kier alpha value is -1.15. The highest BCUT2D eigenvalue weighted by Crippen LogP contribution is 2.52. The first-order valence-electron chi connectivity index (χ1n) is 6.39. The molecule has 0 radical (unpaired) electrons. The molecule has 17 heavy (non-hydrogen) atoms. The normalized spacial score (nSPS) is 36.2. The molecule has 0 aromatic heterocycles. The highest BCUT2D eigenvalue weighted by atomic mass is 16.5. The van der Waals surface area contributed by atoms with Crippen LogP contribution in [0.5, 0.6) is 0 Å². The zero-order chi connectivity index (χ0) is 11.9. The van der Waals surface area contributed by atoms with Crippen molar-refractivity contribution < 1.29 is 9.53 Å². The molecule has 0 heterocycles. The predicted molar refractivity (Wildman–Crippen MR) is 65.6 cm³/mol. The lowest BCUT2D eigenvalue weighted by molar-refractivity contribution is -0.157. The number of methoxy groups -OCH3 is 1. The lowest BCUT2D eigenvalue weighted by Gasteiger charge is -2.50. The van der Waals surface area contributed by atoms with Gasteiger partial charge in [0.25, 0.3) is 0 Å². The Balaban J connectivity index is 2.02. The molecule has 1 aromatic carbocycles. The molecule has 0 spiro atoms. The number of ketones is 1. The van der Waals surface area contributed by atoms with Gasteiger partial charge in [0.15, 0.2) is 0 Å². The van der Waals surface area contributed by atoms with E-state index in [9.17, 15) is 4.79 Å². The SMILES string of the molecule is COC1(c2ccccc2)CC2CCC1CC2=O. The smallest absolute Gasteiger partial charge is 0.136 e. The quantitative estimate of drug-likeness (QED) is 0.781. The van der Waals surface area contributed by atoms with Crippen molar-refractivity contribution in [3.05, 3.63) is 35.9 Å². The number of carbonyl (C=O) groups is 1. The number of Topliss-reactive ketones (excluding diaryl/α,β-unsaturated/α-hetero) is 1. The minimum atomic E-state index is -0.210. The van der Waals surface area contributed by atoms with Crippen molar-refractivity contribution in [3.8, 4) is 0 Å². The summed E-state index contributed by atoms with van der Waals surface area (Å²) in [6.07, 6.45) is 3.75. The van der Waals surface area contributed by atoms with Crippen molar-refractivity contribution in [1.29, 1.82) is 0 Å². The van der Waals surface area contributed by atoms with Gasteiger partial charge in [-0.3, -0.25) is 4.79 Å². The van der Waals surface area contributed by atoms with Gasteiger partial charge in [0.2, 0.25) is 0 Å². The molecular weight excluding hydrogens is 212 g/mol. The van der Waals surface area contributed by atoms with Crippen LogP contribution in [0.4, 0.5) is 0 Å². The zero-order valence-corrected chi connectivity index (χ0v) is 10.2. The molecule has 2 nitrogen and oxygen atoms in total. The van der Waals surface area contributed by atoms with Crippen molar-refractivity contribution in [1.82, 2.24) is 0 Å². The van der Waals surface area contributed by atoms with Gasteiger partial charge in [0, 0.05) is 19.4 Å². The summed E-state index contributed by atoms with van der Waals surface area (Å²) in [5.41, 5.74) is 1.03. The van der Waals surface area contributed by atoms with Crippen LogP contribution in [0.15, 0.2) is 30.3 Å². The number of hydrogen-bond donors (Lipinski definition) is 0. The van der Waals surface area contributed by atoms with Crippen molar-refractivity contribution in [3.63, 3.8) is 0 Å². The minimum absolute atomic E-state index is 0.210. The van der Waals surface area contributed by atoms with E-state index in [2.05, 4.69) is 24.3 Å². The van der Waals surface area contributed by atoms with Gasteiger partial charge in [-0.25, -0.2) is 0 Å². The van der Waals surface area contributed by atoms with E-state index in [1.807, 2.05) is 6.07 Å². The molecule has 2 bridgehead atoms. The number of benzene rings is 1. The summed E-state index contributed by atoms with van der Waals surface area (Å²) < 4.78 is 5.89. The van der Waals surface area contributed by atoms with Crippen LogP contribution in [0.1, 0.15) is 31.2 Å². The van der Waals surface area contributed by atoms with E-state index in [-0.39, 0.29) is 11.5 Å². The fraction of sp³-hybridized carbons (Fsp3) is 0.533. The molecule has 3 fully saturated rings. The molecule has 90 valence electrons. The van der Waals surface area contributed by atoms with Gasteiger partial charge < -0.3 is 4.74 Å². The monoisotopic (exact) mass is 230 g/mol. The molecule has 2 heteroatoms.